The Morgan fingerprint density at radius 2 is 2.15 bits per heavy atom. The normalized spacial score (nSPS) is 34.1. The second-order valence-corrected chi connectivity index (χ2v) is 7.05. The van der Waals surface area contributed by atoms with Crippen LogP contribution in [0.4, 0.5) is 0 Å². The van der Waals surface area contributed by atoms with E-state index in [1.807, 2.05) is 0 Å². The van der Waals surface area contributed by atoms with E-state index in [1.54, 1.807) is 18.2 Å². The molecule has 0 aliphatic heterocycles. The van der Waals surface area contributed by atoms with E-state index in [1.165, 1.54) is 12.6 Å². The molecule has 0 spiro atoms. The molecule has 2 aliphatic rings. The highest BCUT2D eigenvalue weighted by atomic mass is 16.5. The minimum absolute atomic E-state index is 0.135. The molecule has 0 radical (unpaired) electrons. The van der Waals surface area contributed by atoms with Gasteiger partial charge in [0.1, 0.15) is 0 Å². The zero-order valence-corrected chi connectivity index (χ0v) is 12.3. The lowest BCUT2D eigenvalue weighted by Gasteiger charge is -2.39. The van der Waals surface area contributed by atoms with Gasteiger partial charge in [0, 0.05) is 18.2 Å². The van der Waals surface area contributed by atoms with E-state index in [0.29, 0.717) is 10.6 Å². The maximum absolute atomic E-state index is 12.3. The van der Waals surface area contributed by atoms with Gasteiger partial charge in [0.2, 0.25) is 0 Å². The van der Waals surface area contributed by atoms with Gasteiger partial charge < -0.3 is 10.5 Å². The minimum Gasteiger partial charge on any atom is -0.618 e. The molecule has 2 fully saturated rings. The number of carbonyl (C=O) groups excluding carboxylic acids is 1. The number of nitrogens with one attached hydrogen (secondary N) is 1. The smallest absolute Gasteiger partial charge is 0.317 e. The van der Waals surface area contributed by atoms with Crippen LogP contribution in [0.15, 0.2) is 24.4 Å². The van der Waals surface area contributed by atoms with Crippen molar-refractivity contribution in [2.24, 2.45) is 16.7 Å². The van der Waals surface area contributed by atoms with Crippen LogP contribution in [0.5, 0.6) is 0 Å². The average molecular weight is 274 g/mol. The summed E-state index contributed by atoms with van der Waals surface area (Å²) in [5.41, 5.74) is 0.571. The Kier molecular flexibility index (Phi) is 2.82. The Bertz CT molecular complexity index is 555. The summed E-state index contributed by atoms with van der Waals surface area (Å²) in [4.78, 5) is 12.3. The molecule has 2 bridgehead atoms. The van der Waals surface area contributed by atoms with Crippen molar-refractivity contribution in [3.8, 4) is 0 Å². The fourth-order valence-corrected chi connectivity index (χ4v) is 4.26. The second kappa shape index (κ2) is 4.21. The number of hydrogen-bond acceptors (Lipinski definition) is 2. The summed E-state index contributed by atoms with van der Waals surface area (Å²) in [6.45, 7) is 6.90. The van der Waals surface area contributed by atoms with Gasteiger partial charge in [-0.3, -0.25) is 4.79 Å². The predicted molar refractivity (Wildman–Crippen MR) is 75.9 cm³/mol. The summed E-state index contributed by atoms with van der Waals surface area (Å²) in [6.07, 6.45) is 4.80. The number of rotatable bonds is 2. The fourth-order valence-electron chi connectivity index (χ4n) is 4.26. The van der Waals surface area contributed by atoms with Crippen molar-refractivity contribution in [2.75, 3.05) is 0 Å². The molecule has 2 aliphatic carbocycles. The van der Waals surface area contributed by atoms with E-state index in [2.05, 4.69) is 26.1 Å². The lowest BCUT2D eigenvalue weighted by Crippen LogP contribution is -2.49. The molecule has 0 aromatic carbocycles. The van der Waals surface area contributed by atoms with Crippen molar-refractivity contribution in [2.45, 2.75) is 46.1 Å². The highest BCUT2D eigenvalue weighted by molar-refractivity contribution is 5.91. The molecular formula is C16H22N2O2. The number of amides is 1. The van der Waals surface area contributed by atoms with Crippen LogP contribution in [0.25, 0.3) is 0 Å². The maximum Gasteiger partial charge on any atom is 0.317 e. The molecular weight excluding hydrogens is 252 g/mol. The molecule has 3 rings (SSSR count). The Morgan fingerprint density at radius 3 is 2.70 bits per heavy atom. The molecule has 1 aromatic rings. The largest absolute Gasteiger partial charge is 0.618 e. The number of carbonyl (C=O) groups is 1. The van der Waals surface area contributed by atoms with E-state index >= 15 is 0 Å². The lowest BCUT2D eigenvalue weighted by atomic mass is 9.69. The van der Waals surface area contributed by atoms with E-state index in [4.69, 9.17) is 0 Å². The summed E-state index contributed by atoms with van der Waals surface area (Å²) >= 11 is 0. The van der Waals surface area contributed by atoms with Gasteiger partial charge in [-0.25, -0.2) is 0 Å². The van der Waals surface area contributed by atoms with Gasteiger partial charge in [0.15, 0.2) is 6.20 Å². The molecule has 20 heavy (non-hydrogen) atoms. The van der Waals surface area contributed by atoms with Crippen molar-refractivity contribution >= 4 is 5.91 Å². The molecule has 0 unspecified atom stereocenters. The Labute approximate surface area is 119 Å². The zero-order chi connectivity index (χ0) is 14.5. The van der Waals surface area contributed by atoms with Crippen LogP contribution in [0.2, 0.25) is 0 Å². The van der Waals surface area contributed by atoms with Gasteiger partial charge in [0.05, 0.1) is 0 Å². The molecule has 0 saturated heterocycles. The maximum atomic E-state index is 12.3. The average Bonchev–Trinajstić information content (AvgIpc) is 2.72. The predicted octanol–water partition coefficient (Wildman–Crippen LogP) is 2.26. The highest BCUT2D eigenvalue weighted by Crippen LogP contribution is 2.65. The van der Waals surface area contributed by atoms with E-state index in [9.17, 15) is 10.0 Å². The van der Waals surface area contributed by atoms with E-state index < -0.39 is 0 Å². The SMILES string of the molecule is CC1(C)[C@H]2CC[C@@]1(C)[C@@H](NC(=O)c1cccc[n+]1[O-])C2. The first-order chi connectivity index (χ1) is 9.36. The topological polar surface area (TPSA) is 56.0 Å². The third kappa shape index (κ3) is 1.67. The first-order valence-electron chi connectivity index (χ1n) is 7.35. The van der Waals surface area contributed by atoms with E-state index in [-0.39, 0.29) is 28.5 Å². The fraction of sp³-hybridized carbons (Fsp3) is 0.625. The molecule has 1 N–H and O–H groups in total. The molecule has 1 amide bonds. The molecule has 4 heteroatoms. The monoisotopic (exact) mass is 274 g/mol. The molecule has 1 heterocycles. The molecule has 1 aromatic heterocycles. The van der Waals surface area contributed by atoms with Crippen molar-refractivity contribution in [1.82, 2.24) is 5.32 Å². The van der Waals surface area contributed by atoms with Crippen molar-refractivity contribution < 1.29 is 9.52 Å². The zero-order valence-electron chi connectivity index (χ0n) is 12.3. The summed E-state index contributed by atoms with van der Waals surface area (Å²) in [5.74, 6) is 0.420. The molecule has 4 nitrogen and oxygen atoms in total. The number of nitrogens with zero attached hydrogens (tertiary/aromatic N) is 1. The Balaban J connectivity index is 1.81. The summed E-state index contributed by atoms with van der Waals surface area (Å²) in [6, 6.07) is 5.09. The molecule has 108 valence electrons. The number of fused-ring (bicyclic) bond motifs is 2. The van der Waals surface area contributed by atoms with Crippen molar-refractivity contribution in [3.63, 3.8) is 0 Å². The Morgan fingerprint density at radius 1 is 1.40 bits per heavy atom. The van der Waals surface area contributed by atoms with Crippen LogP contribution >= 0.6 is 0 Å². The first-order valence-corrected chi connectivity index (χ1v) is 7.35. The van der Waals surface area contributed by atoms with Crippen LogP contribution in [0, 0.1) is 22.0 Å². The van der Waals surface area contributed by atoms with Gasteiger partial charge in [-0.1, -0.05) is 20.8 Å². The van der Waals surface area contributed by atoms with Crippen molar-refractivity contribution in [1.29, 1.82) is 0 Å². The van der Waals surface area contributed by atoms with Crippen LogP contribution in [0.3, 0.4) is 0 Å². The van der Waals surface area contributed by atoms with E-state index in [0.717, 1.165) is 12.8 Å². The number of pyridine rings is 1. The summed E-state index contributed by atoms with van der Waals surface area (Å²) < 4.78 is 0.635. The molecule has 2 saturated carbocycles. The first kappa shape index (κ1) is 13.4. The van der Waals surface area contributed by atoms with Crippen LogP contribution in [0.1, 0.15) is 50.5 Å². The third-order valence-electron chi connectivity index (χ3n) is 6.16. The van der Waals surface area contributed by atoms with Gasteiger partial charge in [-0.15, -0.1) is 0 Å². The standard InChI is InChI=1S/C16H22N2O2/c1-15(2)11-7-8-16(15,3)13(10-11)17-14(19)12-6-4-5-9-18(12)20/h4-6,9,11,13H,7-8,10H2,1-3H3,(H,17,19)/t11-,13-,16-/m0/s1. The van der Waals surface area contributed by atoms with Crippen LogP contribution in [-0.2, 0) is 0 Å². The van der Waals surface area contributed by atoms with Gasteiger partial charge in [-0.2, -0.15) is 4.73 Å². The number of aromatic nitrogens is 1. The third-order valence-corrected chi connectivity index (χ3v) is 6.16. The number of hydrogen-bond donors (Lipinski definition) is 1. The summed E-state index contributed by atoms with van der Waals surface area (Å²) in [5, 5.41) is 14.8. The van der Waals surface area contributed by atoms with Gasteiger partial charge in [0.25, 0.3) is 5.69 Å². The van der Waals surface area contributed by atoms with Crippen molar-refractivity contribution in [3.05, 3.63) is 35.3 Å². The Hall–Kier alpha value is -1.58. The van der Waals surface area contributed by atoms with Gasteiger partial charge >= 0.3 is 5.91 Å². The minimum atomic E-state index is -0.254. The van der Waals surface area contributed by atoms with Gasteiger partial charge in [-0.05, 0) is 42.1 Å². The quantitative estimate of drug-likeness (QED) is 0.664. The summed E-state index contributed by atoms with van der Waals surface area (Å²) in [7, 11) is 0. The highest BCUT2D eigenvalue weighted by Gasteiger charge is 2.61. The molecule has 3 atom stereocenters. The lowest BCUT2D eigenvalue weighted by molar-refractivity contribution is -0.607. The van der Waals surface area contributed by atoms with Crippen LogP contribution < -0.4 is 10.0 Å². The van der Waals surface area contributed by atoms with Crippen LogP contribution in [-0.4, -0.2) is 11.9 Å². The second-order valence-electron chi connectivity index (χ2n) is 7.05.